The standard InChI is InChI=1S/C13H13N3O2/c1-9-3-2-4-10(7-9)11(17)15-16-12(18)13(8-14)5-6-13/h2-4,7H,5-6H2,1H3,(H,15,17)(H,16,18). The highest BCUT2D eigenvalue weighted by molar-refractivity contribution is 5.96. The first-order valence-electron chi connectivity index (χ1n) is 5.66. The molecule has 0 aliphatic heterocycles. The molecular formula is C13H13N3O2. The van der Waals surface area contributed by atoms with E-state index < -0.39 is 11.3 Å². The fourth-order valence-electron chi connectivity index (χ4n) is 1.61. The first-order chi connectivity index (χ1) is 8.57. The average Bonchev–Trinajstić information content (AvgIpc) is 3.16. The highest BCUT2D eigenvalue weighted by Crippen LogP contribution is 2.44. The van der Waals surface area contributed by atoms with Crippen molar-refractivity contribution >= 4 is 11.8 Å². The summed E-state index contributed by atoms with van der Waals surface area (Å²) in [4.78, 5) is 23.3. The van der Waals surface area contributed by atoms with Crippen molar-refractivity contribution in [2.24, 2.45) is 5.41 Å². The molecule has 1 saturated carbocycles. The van der Waals surface area contributed by atoms with Crippen LogP contribution < -0.4 is 10.9 Å². The lowest BCUT2D eigenvalue weighted by atomic mass is 10.1. The van der Waals surface area contributed by atoms with Crippen molar-refractivity contribution in [1.29, 1.82) is 5.26 Å². The molecule has 18 heavy (non-hydrogen) atoms. The van der Waals surface area contributed by atoms with E-state index in [0.717, 1.165) is 5.56 Å². The Balaban J connectivity index is 1.93. The zero-order valence-corrected chi connectivity index (χ0v) is 9.99. The van der Waals surface area contributed by atoms with E-state index in [1.165, 1.54) is 0 Å². The molecular weight excluding hydrogens is 230 g/mol. The number of nitrogens with one attached hydrogen (secondary N) is 2. The number of nitrogens with zero attached hydrogens (tertiary/aromatic N) is 1. The maximum atomic E-state index is 11.7. The molecule has 1 aromatic carbocycles. The van der Waals surface area contributed by atoms with Gasteiger partial charge in [0.15, 0.2) is 0 Å². The van der Waals surface area contributed by atoms with Crippen molar-refractivity contribution in [3.8, 4) is 6.07 Å². The zero-order valence-electron chi connectivity index (χ0n) is 9.99. The Morgan fingerprint density at radius 2 is 2.06 bits per heavy atom. The molecule has 0 aromatic heterocycles. The molecule has 0 atom stereocenters. The van der Waals surface area contributed by atoms with E-state index in [-0.39, 0.29) is 5.91 Å². The van der Waals surface area contributed by atoms with Crippen LogP contribution in [-0.4, -0.2) is 11.8 Å². The van der Waals surface area contributed by atoms with Crippen molar-refractivity contribution in [2.75, 3.05) is 0 Å². The molecule has 0 heterocycles. The highest BCUT2D eigenvalue weighted by Gasteiger charge is 2.50. The van der Waals surface area contributed by atoms with Crippen LogP contribution >= 0.6 is 0 Å². The van der Waals surface area contributed by atoms with E-state index in [1.54, 1.807) is 18.2 Å². The van der Waals surface area contributed by atoms with Gasteiger partial charge in [0.2, 0.25) is 0 Å². The van der Waals surface area contributed by atoms with E-state index in [2.05, 4.69) is 10.9 Å². The van der Waals surface area contributed by atoms with Crippen LogP contribution in [-0.2, 0) is 4.79 Å². The van der Waals surface area contributed by atoms with Crippen LogP contribution in [0.5, 0.6) is 0 Å². The lowest BCUT2D eigenvalue weighted by Crippen LogP contribution is -2.45. The number of rotatable bonds is 2. The van der Waals surface area contributed by atoms with Gasteiger partial charge in [-0.3, -0.25) is 20.4 Å². The largest absolute Gasteiger partial charge is 0.271 e. The second-order valence-electron chi connectivity index (χ2n) is 4.47. The van der Waals surface area contributed by atoms with Crippen molar-refractivity contribution in [3.05, 3.63) is 35.4 Å². The monoisotopic (exact) mass is 243 g/mol. The minimum absolute atomic E-state index is 0.388. The Hall–Kier alpha value is -2.35. The van der Waals surface area contributed by atoms with Gasteiger partial charge < -0.3 is 0 Å². The summed E-state index contributed by atoms with van der Waals surface area (Å²) in [6, 6.07) is 8.99. The zero-order chi connectivity index (χ0) is 13.2. The minimum Gasteiger partial charge on any atom is -0.271 e. The number of hydrogen-bond donors (Lipinski definition) is 2. The van der Waals surface area contributed by atoms with Gasteiger partial charge in [0.1, 0.15) is 5.41 Å². The molecule has 1 fully saturated rings. The molecule has 0 radical (unpaired) electrons. The molecule has 2 amide bonds. The SMILES string of the molecule is Cc1cccc(C(=O)NNC(=O)C2(C#N)CC2)c1. The van der Waals surface area contributed by atoms with Crippen LogP contribution in [0, 0.1) is 23.7 Å². The first-order valence-corrected chi connectivity index (χ1v) is 5.66. The van der Waals surface area contributed by atoms with E-state index in [4.69, 9.17) is 5.26 Å². The second-order valence-corrected chi connectivity index (χ2v) is 4.47. The third-order valence-corrected chi connectivity index (χ3v) is 2.97. The summed E-state index contributed by atoms with van der Waals surface area (Å²) in [5.74, 6) is -0.827. The Kier molecular flexibility index (Phi) is 3.02. The summed E-state index contributed by atoms with van der Waals surface area (Å²) in [6.07, 6.45) is 1.10. The number of hydrogen-bond acceptors (Lipinski definition) is 3. The average molecular weight is 243 g/mol. The summed E-state index contributed by atoms with van der Waals surface area (Å²) >= 11 is 0. The third kappa shape index (κ3) is 2.33. The molecule has 2 rings (SSSR count). The minimum atomic E-state index is -0.931. The molecule has 0 bridgehead atoms. The number of nitriles is 1. The van der Waals surface area contributed by atoms with Crippen LogP contribution in [0.1, 0.15) is 28.8 Å². The Morgan fingerprint density at radius 1 is 1.33 bits per heavy atom. The summed E-state index contributed by atoms with van der Waals surface area (Å²) < 4.78 is 0. The van der Waals surface area contributed by atoms with E-state index in [0.29, 0.717) is 18.4 Å². The highest BCUT2D eigenvalue weighted by atomic mass is 16.2. The summed E-state index contributed by atoms with van der Waals surface area (Å²) in [5.41, 5.74) is 5.11. The van der Waals surface area contributed by atoms with Crippen molar-refractivity contribution < 1.29 is 9.59 Å². The maximum absolute atomic E-state index is 11.7. The molecule has 1 aromatic rings. The number of carbonyl (C=O) groups excluding carboxylic acids is 2. The van der Waals surface area contributed by atoms with Gasteiger partial charge in [0.25, 0.3) is 11.8 Å². The lowest BCUT2D eigenvalue weighted by molar-refractivity contribution is -0.125. The molecule has 0 saturated heterocycles. The van der Waals surface area contributed by atoms with Crippen molar-refractivity contribution in [3.63, 3.8) is 0 Å². The van der Waals surface area contributed by atoms with Gasteiger partial charge >= 0.3 is 0 Å². The van der Waals surface area contributed by atoms with Crippen LogP contribution in [0.15, 0.2) is 24.3 Å². The van der Waals surface area contributed by atoms with Gasteiger partial charge in [-0.05, 0) is 31.9 Å². The molecule has 5 nitrogen and oxygen atoms in total. The molecule has 0 unspecified atom stereocenters. The van der Waals surface area contributed by atoms with Crippen LogP contribution in [0.3, 0.4) is 0 Å². The number of aryl methyl sites for hydroxylation is 1. The third-order valence-electron chi connectivity index (χ3n) is 2.97. The van der Waals surface area contributed by atoms with Crippen LogP contribution in [0.4, 0.5) is 0 Å². The molecule has 5 heteroatoms. The Bertz CT molecular complexity index is 541. The van der Waals surface area contributed by atoms with E-state index in [9.17, 15) is 9.59 Å². The number of carbonyl (C=O) groups is 2. The van der Waals surface area contributed by atoms with Gasteiger partial charge in [0.05, 0.1) is 6.07 Å². The number of amides is 2. The predicted molar refractivity (Wildman–Crippen MR) is 64.1 cm³/mol. The second kappa shape index (κ2) is 4.49. The summed E-state index contributed by atoms with van der Waals surface area (Å²) in [5, 5.41) is 8.82. The van der Waals surface area contributed by atoms with Gasteiger partial charge in [0, 0.05) is 5.56 Å². The normalized spacial score (nSPS) is 15.3. The predicted octanol–water partition coefficient (Wildman–Crippen LogP) is 1.06. The number of benzene rings is 1. The molecule has 1 aliphatic rings. The fraction of sp³-hybridized carbons (Fsp3) is 0.308. The van der Waals surface area contributed by atoms with Crippen molar-refractivity contribution in [1.82, 2.24) is 10.9 Å². The van der Waals surface area contributed by atoms with E-state index in [1.807, 2.05) is 19.1 Å². The van der Waals surface area contributed by atoms with Gasteiger partial charge in [-0.25, -0.2) is 0 Å². The topological polar surface area (TPSA) is 82.0 Å². The summed E-state index contributed by atoms with van der Waals surface area (Å²) in [6.45, 7) is 1.88. The Morgan fingerprint density at radius 3 is 2.61 bits per heavy atom. The summed E-state index contributed by atoms with van der Waals surface area (Å²) in [7, 11) is 0. The number of hydrazine groups is 1. The maximum Gasteiger partial charge on any atom is 0.269 e. The smallest absolute Gasteiger partial charge is 0.269 e. The van der Waals surface area contributed by atoms with Crippen LogP contribution in [0.25, 0.3) is 0 Å². The van der Waals surface area contributed by atoms with E-state index >= 15 is 0 Å². The molecule has 1 aliphatic carbocycles. The molecule has 0 spiro atoms. The Labute approximate surface area is 105 Å². The lowest BCUT2D eigenvalue weighted by Gasteiger charge is -2.09. The first kappa shape index (κ1) is 12.1. The van der Waals surface area contributed by atoms with Crippen LogP contribution in [0.2, 0.25) is 0 Å². The van der Waals surface area contributed by atoms with Gasteiger partial charge in [-0.15, -0.1) is 0 Å². The van der Waals surface area contributed by atoms with Gasteiger partial charge in [-0.1, -0.05) is 17.7 Å². The quantitative estimate of drug-likeness (QED) is 0.762. The van der Waals surface area contributed by atoms with Gasteiger partial charge in [-0.2, -0.15) is 5.26 Å². The fourth-order valence-corrected chi connectivity index (χ4v) is 1.61. The van der Waals surface area contributed by atoms with Crippen molar-refractivity contribution in [2.45, 2.75) is 19.8 Å². The molecule has 92 valence electrons. The molecule has 2 N–H and O–H groups in total.